The predicted octanol–water partition coefficient (Wildman–Crippen LogP) is -1.49. The molecule has 0 amide bonds. The van der Waals surface area contributed by atoms with Gasteiger partial charge in [-0.2, -0.15) is 9.90 Å². The fourth-order valence-electron chi connectivity index (χ4n) is 0.643. The van der Waals surface area contributed by atoms with Gasteiger partial charge in [0.15, 0.2) is 5.96 Å². The minimum absolute atomic E-state index is 0. The van der Waals surface area contributed by atoms with Crippen LogP contribution < -0.4 is 17.2 Å². The van der Waals surface area contributed by atoms with Crippen molar-refractivity contribution in [3.63, 3.8) is 0 Å². The van der Waals surface area contributed by atoms with Crippen molar-refractivity contribution in [2.75, 3.05) is 6.54 Å². The van der Waals surface area contributed by atoms with Crippen LogP contribution in [0.5, 0.6) is 0 Å². The quantitative estimate of drug-likeness (QED) is 0.189. The summed E-state index contributed by atoms with van der Waals surface area (Å²) in [6.45, 7) is 0.420. The summed E-state index contributed by atoms with van der Waals surface area (Å²) in [7, 11) is 0. The van der Waals surface area contributed by atoms with Crippen LogP contribution in [0.1, 0.15) is 12.8 Å². The molecule has 0 saturated carbocycles. The first-order valence-electron chi connectivity index (χ1n) is 3.58. The zero-order valence-corrected chi connectivity index (χ0v) is 8.85. The summed E-state index contributed by atoms with van der Waals surface area (Å²) in [5, 5.41) is 8.38. The molecule has 0 spiro atoms. The average Bonchev–Trinajstić information content (AvgIpc) is 1.97. The summed E-state index contributed by atoms with van der Waals surface area (Å²) in [6.07, 6.45) is 0.956. The van der Waals surface area contributed by atoms with Crippen LogP contribution in [-0.2, 0) is 4.79 Å². The van der Waals surface area contributed by atoms with Gasteiger partial charge in [0.25, 0.3) is 0 Å². The molecule has 0 aliphatic heterocycles. The van der Waals surface area contributed by atoms with Crippen LogP contribution in [0.3, 0.4) is 0 Å². The van der Waals surface area contributed by atoms with Gasteiger partial charge in [0, 0.05) is 6.54 Å². The number of hydrogen-bond acceptors (Lipinski definition) is 3. The number of carbonyl (C=O) groups is 1. The lowest BCUT2D eigenvalue weighted by molar-refractivity contribution is -0.138. The van der Waals surface area contributed by atoms with Gasteiger partial charge in [0.05, 0.1) is 0 Å². The summed E-state index contributed by atoms with van der Waals surface area (Å²) in [5.74, 6) is -0.987. The zero-order chi connectivity index (χ0) is 9.56. The van der Waals surface area contributed by atoms with Crippen molar-refractivity contribution in [3.05, 3.63) is 0 Å². The van der Waals surface area contributed by atoms with E-state index in [1.165, 1.54) is 0 Å². The van der Waals surface area contributed by atoms with Gasteiger partial charge in [0.1, 0.15) is 6.04 Å². The van der Waals surface area contributed by atoms with Crippen molar-refractivity contribution < 1.29 is 9.90 Å². The second-order valence-corrected chi connectivity index (χ2v) is 2.39. The molecule has 0 aliphatic carbocycles. The molecule has 0 aliphatic rings. The second kappa shape index (κ2) is 7.76. The molecular formula is C6H17N4O2P. The van der Waals surface area contributed by atoms with E-state index in [1.807, 2.05) is 0 Å². The van der Waals surface area contributed by atoms with Crippen molar-refractivity contribution in [1.29, 1.82) is 0 Å². The lowest BCUT2D eigenvalue weighted by Gasteiger charge is -2.03. The monoisotopic (exact) mass is 208 g/mol. The van der Waals surface area contributed by atoms with E-state index in [0.717, 1.165) is 0 Å². The minimum Gasteiger partial charge on any atom is -0.480 e. The molecule has 78 valence electrons. The Labute approximate surface area is 80.2 Å². The second-order valence-electron chi connectivity index (χ2n) is 2.39. The Bertz CT molecular complexity index is 181. The highest BCUT2D eigenvalue weighted by Gasteiger charge is 2.09. The number of rotatable bonds is 5. The highest BCUT2D eigenvalue weighted by molar-refractivity contribution is 6.92. The molecule has 7 N–H and O–H groups in total. The van der Waals surface area contributed by atoms with Gasteiger partial charge in [0.2, 0.25) is 0 Å². The number of nitrogens with zero attached hydrogens (tertiary/aromatic N) is 1. The topological polar surface area (TPSA) is 128 Å². The summed E-state index contributed by atoms with van der Waals surface area (Å²) in [5.41, 5.74) is 15.3. The fourth-order valence-corrected chi connectivity index (χ4v) is 0.643. The number of aliphatic carboxylic acids is 1. The number of nitrogens with two attached hydrogens (primary N) is 3. The molecule has 0 aromatic heterocycles. The molecule has 0 fully saturated rings. The average molecular weight is 208 g/mol. The standard InChI is InChI=1S/C6H14N4O2.H3P/c7-4(5(11)12)2-1-3-10-6(8)9;/h4H,1-3,7H2,(H,11,12)(H4,8,9,10);1H3. The fraction of sp³-hybridized carbons (Fsp3) is 0.667. The third-order valence-corrected chi connectivity index (χ3v) is 1.28. The van der Waals surface area contributed by atoms with Crippen LogP contribution in [0.25, 0.3) is 0 Å². The van der Waals surface area contributed by atoms with Gasteiger partial charge in [-0.05, 0) is 12.8 Å². The number of hydrogen-bond donors (Lipinski definition) is 4. The Kier molecular flexibility index (Phi) is 8.74. The summed E-state index contributed by atoms with van der Waals surface area (Å²) in [4.78, 5) is 13.9. The van der Waals surface area contributed by atoms with E-state index < -0.39 is 12.0 Å². The Hall–Kier alpha value is -0.870. The Morgan fingerprint density at radius 1 is 1.46 bits per heavy atom. The lowest BCUT2D eigenvalue weighted by Crippen LogP contribution is -2.30. The maximum atomic E-state index is 10.2. The third kappa shape index (κ3) is 9.04. The predicted molar refractivity (Wildman–Crippen MR) is 56.6 cm³/mol. The first-order valence-corrected chi connectivity index (χ1v) is 3.58. The van der Waals surface area contributed by atoms with Crippen LogP contribution >= 0.6 is 9.90 Å². The van der Waals surface area contributed by atoms with E-state index in [2.05, 4.69) is 4.99 Å². The SMILES string of the molecule is NC(N)=NCCCC(N)C(=O)O.P. The van der Waals surface area contributed by atoms with Crippen LogP contribution in [0.15, 0.2) is 4.99 Å². The van der Waals surface area contributed by atoms with Crippen molar-refractivity contribution in [1.82, 2.24) is 0 Å². The molecule has 0 aromatic carbocycles. The molecule has 0 rings (SSSR count). The van der Waals surface area contributed by atoms with Crippen LogP contribution in [-0.4, -0.2) is 29.6 Å². The van der Waals surface area contributed by atoms with Gasteiger partial charge in [-0.3, -0.25) is 9.79 Å². The lowest BCUT2D eigenvalue weighted by atomic mass is 10.2. The van der Waals surface area contributed by atoms with Gasteiger partial charge in [-0.1, -0.05) is 0 Å². The highest BCUT2D eigenvalue weighted by atomic mass is 31.0. The van der Waals surface area contributed by atoms with Gasteiger partial charge in [-0.25, -0.2) is 0 Å². The first-order chi connectivity index (χ1) is 5.54. The van der Waals surface area contributed by atoms with Gasteiger partial charge < -0.3 is 22.3 Å². The first kappa shape index (κ1) is 14.6. The zero-order valence-electron chi connectivity index (χ0n) is 7.44. The van der Waals surface area contributed by atoms with E-state index in [1.54, 1.807) is 0 Å². The molecule has 13 heavy (non-hydrogen) atoms. The molecule has 0 aromatic rings. The molecule has 2 unspecified atom stereocenters. The maximum absolute atomic E-state index is 10.2. The van der Waals surface area contributed by atoms with Crippen molar-refractivity contribution >= 4 is 21.8 Å². The Balaban J connectivity index is 0. The van der Waals surface area contributed by atoms with E-state index in [-0.39, 0.29) is 15.9 Å². The number of aliphatic imine (C=N–C) groups is 1. The number of guanidine groups is 1. The molecule has 0 radical (unpaired) electrons. The molecule has 0 heterocycles. The summed E-state index contributed by atoms with van der Waals surface area (Å²) in [6, 6.07) is -0.820. The summed E-state index contributed by atoms with van der Waals surface area (Å²) < 4.78 is 0. The molecule has 6 nitrogen and oxygen atoms in total. The smallest absolute Gasteiger partial charge is 0.320 e. The third-order valence-electron chi connectivity index (χ3n) is 1.28. The van der Waals surface area contributed by atoms with E-state index in [0.29, 0.717) is 19.4 Å². The van der Waals surface area contributed by atoms with Crippen LogP contribution in [0.4, 0.5) is 0 Å². The maximum Gasteiger partial charge on any atom is 0.320 e. The van der Waals surface area contributed by atoms with Crippen LogP contribution in [0, 0.1) is 0 Å². The molecule has 7 heteroatoms. The van der Waals surface area contributed by atoms with E-state index >= 15 is 0 Å². The highest BCUT2D eigenvalue weighted by Crippen LogP contribution is 1.94. The normalized spacial score (nSPS) is 11.2. The molecule has 0 bridgehead atoms. The van der Waals surface area contributed by atoms with E-state index in [4.69, 9.17) is 22.3 Å². The molecule has 2 atom stereocenters. The van der Waals surface area contributed by atoms with E-state index in [9.17, 15) is 4.79 Å². The Morgan fingerprint density at radius 3 is 2.38 bits per heavy atom. The molecule has 0 saturated heterocycles. The summed E-state index contributed by atoms with van der Waals surface area (Å²) >= 11 is 0. The van der Waals surface area contributed by atoms with Crippen molar-refractivity contribution in [3.8, 4) is 0 Å². The van der Waals surface area contributed by atoms with Crippen molar-refractivity contribution in [2.24, 2.45) is 22.2 Å². The van der Waals surface area contributed by atoms with Crippen LogP contribution in [0.2, 0.25) is 0 Å². The van der Waals surface area contributed by atoms with Crippen molar-refractivity contribution in [2.45, 2.75) is 18.9 Å². The van der Waals surface area contributed by atoms with Gasteiger partial charge in [-0.15, -0.1) is 0 Å². The molecular weight excluding hydrogens is 191 g/mol. The largest absolute Gasteiger partial charge is 0.480 e. The minimum atomic E-state index is -1.00. The van der Waals surface area contributed by atoms with Gasteiger partial charge >= 0.3 is 5.97 Å². The Morgan fingerprint density at radius 2 is 2.00 bits per heavy atom. The number of carboxylic acids is 1. The number of carboxylic acid groups (broad SMARTS) is 1.